The Kier molecular flexibility index (Phi) is 8.26. The van der Waals surface area contributed by atoms with Crippen molar-refractivity contribution in [3.05, 3.63) is 65.2 Å². The monoisotopic (exact) mass is 441 g/mol. The topological polar surface area (TPSA) is 55.4 Å². The van der Waals surface area contributed by atoms with Crippen LogP contribution in [0.25, 0.3) is 0 Å². The zero-order chi connectivity index (χ0) is 22.3. The summed E-state index contributed by atoms with van der Waals surface area (Å²) in [6.45, 7) is 6.44. The summed E-state index contributed by atoms with van der Waals surface area (Å²) < 4.78 is 5.65. The van der Waals surface area contributed by atoms with Gasteiger partial charge in [0.25, 0.3) is 0 Å². The fraction of sp³-hybridized carbons (Fsp3) is 0.462. The Morgan fingerprint density at radius 1 is 0.968 bits per heavy atom. The first kappa shape index (κ1) is 23.5. The quantitative estimate of drug-likeness (QED) is 0.422. The van der Waals surface area contributed by atoms with E-state index >= 15 is 0 Å². The van der Waals surface area contributed by atoms with Crippen LogP contribution in [0.4, 0.5) is 5.69 Å². The van der Waals surface area contributed by atoms with Crippen LogP contribution < -0.4 is 5.32 Å². The van der Waals surface area contributed by atoms with Gasteiger partial charge in [-0.1, -0.05) is 0 Å². The molecule has 1 fully saturated rings. The van der Waals surface area contributed by atoms with Crippen LogP contribution in [0.1, 0.15) is 49.3 Å². The summed E-state index contributed by atoms with van der Waals surface area (Å²) >= 11 is 0. The number of amides is 1. The van der Waals surface area contributed by atoms with Crippen LogP contribution in [-0.4, -0.2) is 36.0 Å². The minimum atomic E-state index is -2.15. The molecule has 1 unspecified atom stereocenters. The second-order valence-corrected chi connectivity index (χ2v) is 13.7. The third-order valence-corrected chi connectivity index (χ3v) is 12.6. The number of esters is 1. The van der Waals surface area contributed by atoms with Gasteiger partial charge in [0, 0.05) is 0 Å². The summed E-state index contributed by atoms with van der Waals surface area (Å²) in [4.78, 5) is 26.4. The number of para-hydroxylation sites is 1. The molecule has 4 nitrogen and oxygen atoms in total. The summed E-state index contributed by atoms with van der Waals surface area (Å²) in [6.07, 6.45) is 6.71. The van der Waals surface area contributed by atoms with Gasteiger partial charge in [-0.3, -0.25) is 0 Å². The van der Waals surface area contributed by atoms with E-state index in [0.717, 1.165) is 54.0 Å². The van der Waals surface area contributed by atoms with Gasteiger partial charge < -0.3 is 0 Å². The molecule has 0 aliphatic carbocycles. The summed E-state index contributed by atoms with van der Waals surface area (Å²) in [6, 6.07) is 15.9. The van der Waals surface area contributed by atoms with E-state index in [0.29, 0.717) is 12.8 Å². The second-order valence-electron chi connectivity index (χ2n) is 8.96. The molecule has 3 rings (SSSR count). The second kappa shape index (κ2) is 10.9. The number of hydrogen-bond donors (Lipinski definition) is 1. The summed E-state index contributed by atoms with van der Waals surface area (Å²) in [7, 11) is -2.15. The van der Waals surface area contributed by atoms with Gasteiger partial charge in [0.15, 0.2) is 0 Å². The van der Waals surface area contributed by atoms with Crippen LogP contribution in [0.3, 0.4) is 0 Å². The van der Waals surface area contributed by atoms with Gasteiger partial charge in [-0.25, -0.2) is 0 Å². The number of aryl methyl sites for hydroxylation is 2. The Balaban J connectivity index is 1.75. The minimum absolute atomic E-state index is 0.0731. The predicted octanol–water partition coefficient (Wildman–Crippen LogP) is 5.70. The molecule has 1 saturated heterocycles. The predicted molar refractivity (Wildman–Crippen MR) is 132 cm³/mol. The number of hydrogen-bond acceptors (Lipinski definition) is 3. The third kappa shape index (κ3) is 5.95. The zero-order valence-corrected chi connectivity index (χ0v) is 20.1. The van der Waals surface area contributed by atoms with Gasteiger partial charge in [-0.05, 0) is 0 Å². The molecule has 5 heteroatoms. The normalized spacial score (nSPS) is 17.4. The molecule has 1 atom stereocenters. The van der Waals surface area contributed by atoms with E-state index in [2.05, 4.69) is 12.2 Å². The Hall–Kier alpha value is -2.19. The summed E-state index contributed by atoms with van der Waals surface area (Å²) in [5.41, 5.74) is 3.98. The molecule has 168 valence electrons. The van der Waals surface area contributed by atoms with Crippen LogP contribution >= 0.6 is 7.26 Å². The average Bonchev–Trinajstić information content (AvgIpc) is 2.77. The van der Waals surface area contributed by atoms with E-state index in [-0.39, 0.29) is 17.5 Å². The maximum absolute atomic E-state index is 13.5. The van der Waals surface area contributed by atoms with Gasteiger partial charge in [0.05, 0.1) is 0 Å². The van der Waals surface area contributed by atoms with Gasteiger partial charge in [-0.2, -0.15) is 0 Å². The number of ether oxygens (including phenoxy) is 1. The Labute approximate surface area is 187 Å². The molecule has 2 aromatic carbocycles. The van der Waals surface area contributed by atoms with E-state index in [1.807, 2.05) is 62.4 Å². The van der Waals surface area contributed by atoms with Crippen molar-refractivity contribution in [2.45, 2.75) is 58.7 Å². The molecule has 1 aliphatic heterocycles. The number of nitrogens with one attached hydrogen (secondary N) is 1. The molecular formula is C26H36NO3P. The molecule has 1 amide bonds. The summed E-state index contributed by atoms with van der Waals surface area (Å²) in [5.74, 6) is -0.0555. The van der Waals surface area contributed by atoms with Crippen molar-refractivity contribution in [2.24, 2.45) is 0 Å². The molecule has 0 aromatic heterocycles. The maximum atomic E-state index is 13.5. The fourth-order valence-corrected chi connectivity index (χ4v) is 10.7. The van der Waals surface area contributed by atoms with E-state index < -0.39 is 7.26 Å². The Morgan fingerprint density at radius 3 is 2.23 bits per heavy atom. The Morgan fingerprint density at radius 2 is 1.61 bits per heavy atom. The first-order chi connectivity index (χ1) is 14.9. The van der Waals surface area contributed by atoms with E-state index in [4.69, 9.17) is 4.74 Å². The van der Waals surface area contributed by atoms with Crippen molar-refractivity contribution in [2.75, 3.05) is 23.8 Å². The van der Waals surface area contributed by atoms with Crippen molar-refractivity contribution in [1.82, 2.24) is 0 Å². The zero-order valence-electron chi connectivity index (χ0n) is 19.1. The molecule has 1 N–H and O–H groups in total. The van der Waals surface area contributed by atoms with Crippen molar-refractivity contribution < 1.29 is 14.3 Å². The van der Waals surface area contributed by atoms with Crippen molar-refractivity contribution in [3.8, 4) is 0 Å². The molecule has 31 heavy (non-hydrogen) atoms. The standard InChI is InChI=1S/C26H36NO3P/c1-4-23(26(29)27-25-20(2)12-11-13-21(25)3)31(16-9-6-10-17-31)19-24(28)30-18-22-14-7-5-8-15-22/h5,7-8,11-15,23,31H,4,6,9-10,16-19H2,1-3H3,(H,27,29). The van der Waals surface area contributed by atoms with Crippen LogP contribution in [0.5, 0.6) is 0 Å². The van der Waals surface area contributed by atoms with Crippen molar-refractivity contribution >= 4 is 24.8 Å². The molecule has 1 heterocycles. The van der Waals surface area contributed by atoms with Gasteiger partial charge in [-0.15, -0.1) is 0 Å². The third-order valence-electron chi connectivity index (χ3n) is 6.78. The fourth-order valence-electron chi connectivity index (χ4n) is 5.10. The SMILES string of the molecule is CCC(C(=O)Nc1c(C)cccc1C)[PH]1(CC(=O)OCc2ccccc2)CCCCC1. The molecule has 0 bridgehead atoms. The molecule has 2 aromatic rings. The number of rotatable bonds is 8. The first-order valence-corrected chi connectivity index (χ1v) is 14.2. The van der Waals surface area contributed by atoms with Gasteiger partial charge in [0.2, 0.25) is 0 Å². The molecule has 0 spiro atoms. The Bertz CT molecular complexity index is 871. The van der Waals surface area contributed by atoms with E-state index in [1.54, 1.807) is 0 Å². The van der Waals surface area contributed by atoms with Gasteiger partial charge >= 0.3 is 187 Å². The van der Waals surface area contributed by atoms with E-state index in [9.17, 15) is 9.59 Å². The number of benzene rings is 2. The van der Waals surface area contributed by atoms with Crippen LogP contribution in [0.2, 0.25) is 0 Å². The molecular weight excluding hydrogens is 405 g/mol. The summed E-state index contributed by atoms with van der Waals surface area (Å²) in [5, 5.41) is 3.23. The molecule has 0 saturated carbocycles. The number of anilines is 1. The van der Waals surface area contributed by atoms with Crippen molar-refractivity contribution in [3.63, 3.8) is 0 Å². The van der Waals surface area contributed by atoms with Crippen LogP contribution in [0.15, 0.2) is 48.5 Å². The first-order valence-electron chi connectivity index (χ1n) is 11.5. The number of carbonyl (C=O) groups is 2. The average molecular weight is 442 g/mol. The molecule has 1 aliphatic rings. The molecule has 0 radical (unpaired) electrons. The number of carbonyl (C=O) groups excluding carboxylic acids is 2. The van der Waals surface area contributed by atoms with E-state index in [1.165, 1.54) is 6.42 Å². The van der Waals surface area contributed by atoms with Crippen molar-refractivity contribution in [1.29, 1.82) is 0 Å². The van der Waals surface area contributed by atoms with Crippen LogP contribution in [-0.2, 0) is 20.9 Å². The van der Waals surface area contributed by atoms with Gasteiger partial charge in [0.1, 0.15) is 0 Å². The van der Waals surface area contributed by atoms with Crippen LogP contribution in [0, 0.1) is 13.8 Å².